The van der Waals surface area contributed by atoms with Gasteiger partial charge in [-0.1, -0.05) is 6.58 Å². The van der Waals surface area contributed by atoms with Gasteiger partial charge in [-0.15, -0.1) is 0 Å². The van der Waals surface area contributed by atoms with Crippen molar-refractivity contribution >= 4 is 12.1 Å². The molecule has 0 atom stereocenters. The molecule has 0 saturated heterocycles. The Morgan fingerprint density at radius 3 is 2.41 bits per heavy atom. The molecule has 0 fully saturated rings. The number of hydrogen-bond acceptors (Lipinski definition) is 6. The lowest BCUT2D eigenvalue weighted by atomic mass is 10.4. The Bertz CT molecular complexity index is 406. The Morgan fingerprint density at radius 1 is 1.29 bits per heavy atom. The number of carbonyl (C=O) groups excluding carboxylic acids is 2. The third-order valence-electron chi connectivity index (χ3n) is 1.65. The van der Waals surface area contributed by atoms with Crippen molar-refractivity contribution in [3.63, 3.8) is 0 Å². The smallest absolute Gasteiger partial charge is 0.459 e. The lowest BCUT2D eigenvalue weighted by Gasteiger charge is -2.00. The number of carbonyl (C=O) groups is 2. The maximum absolute atomic E-state index is 10.8. The first kappa shape index (κ1) is 12.8. The number of furan rings is 1. The van der Waals surface area contributed by atoms with Crippen LogP contribution in [0.5, 0.6) is 0 Å². The molecule has 0 aromatic carbocycles. The molecule has 0 aliphatic heterocycles. The molecular formula is C11H12O6. The van der Waals surface area contributed by atoms with E-state index in [0.29, 0.717) is 11.5 Å². The zero-order valence-corrected chi connectivity index (χ0v) is 9.30. The van der Waals surface area contributed by atoms with Crippen LogP contribution in [0.4, 0.5) is 4.79 Å². The van der Waals surface area contributed by atoms with E-state index in [1.54, 1.807) is 12.1 Å². The van der Waals surface area contributed by atoms with Gasteiger partial charge in [0.1, 0.15) is 18.1 Å². The van der Waals surface area contributed by atoms with Gasteiger partial charge in [0.05, 0.1) is 6.26 Å². The van der Waals surface area contributed by atoms with E-state index < -0.39 is 12.1 Å². The molecule has 0 aliphatic carbocycles. The SMILES string of the molecule is C=COC(=O)OCc1ccc(COC(C)=O)o1. The molecule has 6 nitrogen and oxygen atoms in total. The standard InChI is InChI=1S/C11H12O6/c1-3-14-11(13)16-7-10-5-4-9(17-10)6-15-8(2)12/h3-5H,1,6-7H2,2H3. The zero-order valence-electron chi connectivity index (χ0n) is 9.30. The van der Waals surface area contributed by atoms with Crippen molar-refractivity contribution in [1.82, 2.24) is 0 Å². The maximum Gasteiger partial charge on any atom is 0.513 e. The van der Waals surface area contributed by atoms with Crippen molar-refractivity contribution in [3.05, 3.63) is 36.5 Å². The van der Waals surface area contributed by atoms with Crippen LogP contribution in [0.15, 0.2) is 29.4 Å². The largest absolute Gasteiger partial charge is 0.513 e. The molecule has 0 N–H and O–H groups in total. The Morgan fingerprint density at radius 2 is 1.88 bits per heavy atom. The van der Waals surface area contributed by atoms with Crippen LogP contribution in [-0.2, 0) is 32.2 Å². The van der Waals surface area contributed by atoms with Crippen LogP contribution < -0.4 is 0 Å². The van der Waals surface area contributed by atoms with Gasteiger partial charge in [-0.3, -0.25) is 4.79 Å². The van der Waals surface area contributed by atoms with Gasteiger partial charge in [0.15, 0.2) is 6.61 Å². The molecular weight excluding hydrogens is 228 g/mol. The monoisotopic (exact) mass is 240 g/mol. The van der Waals surface area contributed by atoms with Crippen molar-refractivity contribution < 1.29 is 28.2 Å². The zero-order chi connectivity index (χ0) is 12.7. The van der Waals surface area contributed by atoms with Gasteiger partial charge >= 0.3 is 12.1 Å². The van der Waals surface area contributed by atoms with Gasteiger partial charge in [0.2, 0.25) is 0 Å². The molecule has 0 spiro atoms. The van der Waals surface area contributed by atoms with Crippen LogP contribution in [0, 0.1) is 0 Å². The minimum Gasteiger partial charge on any atom is -0.459 e. The van der Waals surface area contributed by atoms with Crippen LogP contribution >= 0.6 is 0 Å². The molecule has 0 bridgehead atoms. The van der Waals surface area contributed by atoms with Crippen LogP contribution in [-0.4, -0.2) is 12.1 Å². The molecule has 0 radical (unpaired) electrons. The van der Waals surface area contributed by atoms with Crippen molar-refractivity contribution in [2.45, 2.75) is 20.1 Å². The highest BCUT2D eigenvalue weighted by Crippen LogP contribution is 2.10. The minimum absolute atomic E-state index is 0.0481. The van der Waals surface area contributed by atoms with Crippen molar-refractivity contribution in [3.8, 4) is 0 Å². The summed E-state index contributed by atoms with van der Waals surface area (Å²) >= 11 is 0. The third-order valence-corrected chi connectivity index (χ3v) is 1.65. The molecule has 17 heavy (non-hydrogen) atoms. The Kier molecular flexibility index (Phi) is 4.80. The molecule has 92 valence electrons. The fraction of sp³-hybridized carbons (Fsp3) is 0.273. The molecule has 0 aliphatic rings. The summed E-state index contributed by atoms with van der Waals surface area (Å²) in [5, 5.41) is 0. The first-order valence-electron chi connectivity index (χ1n) is 4.77. The van der Waals surface area contributed by atoms with Crippen molar-refractivity contribution in [2.75, 3.05) is 0 Å². The Labute approximate surface area is 97.8 Å². The molecule has 6 heteroatoms. The molecule has 1 aromatic rings. The quantitative estimate of drug-likeness (QED) is 0.579. The molecule has 0 amide bonds. The van der Waals surface area contributed by atoms with E-state index in [2.05, 4.69) is 16.1 Å². The van der Waals surface area contributed by atoms with Crippen LogP contribution in [0.1, 0.15) is 18.4 Å². The van der Waals surface area contributed by atoms with E-state index in [1.165, 1.54) is 6.92 Å². The maximum atomic E-state index is 10.8. The number of esters is 1. The van der Waals surface area contributed by atoms with E-state index >= 15 is 0 Å². The second kappa shape index (κ2) is 6.37. The second-order valence-corrected chi connectivity index (χ2v) is 2.97. The summed E-state index contributed by atoms with van der Waals surface area (Å²) in [5.74, 6) is 0.498. The highest BCUT2D eigenvalue weighted by molar-refractivity contribution is 5.65. The minimum atomic E-state index is -0.863. The van der Waals surface area contributed by atoms with Gasteiger partial charge in [0, 0.05) is 6.92 Å². The summed E-state index contributed by atoms with van der Waals surface area (Å²) in [6.45, 7) is 4.49. The van der Waals surface area contributed by atoms with E-state index in [0.717, 1.165) is 6.26 Å². The first-order chi connectivity index (χ1) is 8.11. The van der Waals surface area contributed by atoms with E-state index in [1.807, 2.05) is 0 Å². The summed E-state index contributed by atoms with van der Waals surface area (Å²) in [6.07, 6.45) is 0.106. The Hall–Kier alpha value is -2.24. The molecule has 1 rings (SSSR count). The Balaban J connectivity index is 2.37. The summed E-state index contributed by atoms with van der Waals surface area (Å²) in [5.41, 5.74) is 0. The molecule has 1 heterocycles. The summed E-state index contributed by atoms with van der Waals surface area (Å²) in [4.78, 5) is 21.4. The van der Waals surface area contributed by atoms with Crippen LogP contribution in [0.2, 0.25) is 0 Å². The number of rotatable bonds is 5. The second-order valence-electron chi connectivity index (χ2n) is 2.97. The summed E-state index contributed by atoms with van der Waals surface area (Å²) in [7, 11) is 0. The lowest BCUT2D eigenvalue weighted by Crippen LogP contribution is -2.02. The fourth-order valence-electron chi connectivity index (χ4n) is 0.982. The van der Waals surface area contributed by atoms with Crippen molar-refractivity contribution in [2.24, 2.45) is 0 Å². The van der Waals surface area contributed by atoms with Gasteiger partial charge in [0.25, 0.3) is 0 Å². The summed E-state index contributed by atoms with van der Waals surface area (Å²) < 4.78 is 19.0. The molecule has 0 saturated carbocycles. The normalized spacial score (nSPS) is 9.47. The first-order valence-corrected chi connectivity index (χ1v) is 4.77. The van der Waals surface area contributed by atoms with Gasteiger partial charge in [-0.2, -0.15) is 0 Å². The molecule has 1 aromatic heterocycles. The van der Waals surface area contributed by atoms with E-state index in [-0.39, 0.29) is 13.2 Å². The third kappa shape index (κ3) is 4.87. The predicted octanol–water partition coefficient (Wildman–Crippen LogP) is 2.14. The highest BCUT2D eigenvalue weighted by atomic mass is 16.7. The van der Waals surface area contributed by atoms with Crippen LogP contribution in [0.25, 0.3) is 0 Å². The van der Waals surface area contributed by atoms with Crippen LogP contribution in [0.3, 0.4) is 0 Å². The summed E-state index contributed by atoms with van der Waals surface area (Å²) in [6, 6.07) is 3.24. The van der Waals surface area contributed by atoms with Gasteiger partial charge < -0.3 is 18.6 Å². The lowest BCUT2D eigenvalue weighted by molar-refractivity contribution is -0.142. The van der Waals surface area contributed by atoms with Crippen molar-refractivity contribution in [1.29, 1.82) is 0 Å². The van der Waals surface area contributed by atoms with Gasteiger partial charge in [-0.05, 0) is 12.1 Å². The van der Waals surface area contributed by atoms with E-state index in [4.69, 9.17) is 9.15 Å². The molecule has 0 unspecified atom stereocenters. The average Bonchev–Trinajstić information content (AvgIpc) is 2.72. The topological polar surface area (TPSA) is 75.0 Å². The predicted molar refractivity (Wildman–Crippen MR) is 55.6 cm³/mol. The fourth-order valence-corrected chi connectivity index (χ4v) is 0.982. The van der Waals surface area contributed by atoms with E-state index in [9.17, 15) is 9.59 Å². The number of hydrogen-bond donors (Lipinski definition) is 0. The average molecular weight is 240 g/mol. The number of ether oxygens (including phenoxy) is 3. The highest BCUT2D eigenvalue weighted by Gasteiger charge is 2.07. The van der Waals surface area contributed by atoms with Gasteiger partial charge in [-0.25, -0.2) is 4.79 Å².